The van der Waals surface area contributed by atoms with Gasteiger partial charge in [-0.1, -0.05) is 0 Å². The summed E-state index contributed by atoms with van der Waals surface area (Å²) < 4.78 is 0. The van der Waals surface area contributed by atoms with Crippen molar-refractivity contribution in [3.05, 3.63) is 0 Å². The van der Waals surface area contributed by atoms with E-state index in [1.807, 2.05) is 6.92 Å². The van der Waals surface area contributed by atoms with Crippen LogP contribution in [-0.2, 0) is 4.79 Å². The van der Waals surface area contributed by atoms with Crippen molar-refractivity contribution in [1.82, 2.24) is 15.5 Å². The maximum atomic E-state index is 11.9. The van der Waals surface area contributed by atoms with Crippen LogP contribution in [0.5, 0.6) is 0 Å². The van der Waals surface area contributed by atoms with Gasteiger partial charge in [0, 0.05) is 32.2 Å². The van der Waals surface area contributed by atoms with Gasteiger partial charge in [0.2, 0.25) is 5.91 Å². The molecule has 0 bridgehead atoms. The Labute approximate surface area is 91.4 Å². The van der Waals surface area contributed by atoms with Gasteiger partial charge in [-0.2, -0.15) is 0 Å². The van der Waals surface area contributed by atoms with Gasteiger partial charge < -0.3 is 10.6 Å². The summed E-state index contributed by atoms with van der Waals surface area (Å²) in [6, 6.07) is 0.496. The van der Waals surface area contributed by atoms with Crippen LogP contribution in [0.4, 0.5) is 0 Å². The van der Waals surface area contributed by atoms with Gasteiger partial charge in [0.1, 0.15) is 0 Å². The van der Waals surface area contributed by atoms with Gasteiger partial charge in [-0.05, 0) is 26.2 Å². The highest BCUT2D eigenvalue weighted by atomic mass is 16.2. The summed E-state index contributed by atoms with van der Waals surface area (Å²) in [5, 5.41) is 6.41. The average Bonchev–Trinajstić information content (AvgIpc) is 2.23. The molecule has 1 amide bonds. The van der Waals surface area contributed by atoms with Crippen molar-refractivity contribution >= 4 is 5.91 Å². The van der Waals surface area contributed by atoms with Gasteiger partial charge in [-0.3, -0.25) is 9.69 Å². The molecule has 1 aliphatic heterocycles. The lowest BCUT2D eigenvalue weighted by atomic mass is 9.93. The number of hydrogen-bond donors (Lipinski definition) is 2. The minimum absolute atomic E-state index is 0.0349. The maximum absolute atomic E-state index is 11.9. The molecule has 2 N–H and O–H groups in total. The van der Waals surface area contributed by atoms with Gasteiger partial charge in [0.25, 0.3) is 0 Å². The first-order chi connectivity index (χ1) is 7.27. The zero-order valence-electron chi connectivity index (χ0n) is 9.46. The molecule has 1 heterocycles. The quantitative estimate of drug-likeness (QED) is 0.688. The minimum Gasteiger partial charge on any atom is -0.352 e. The first-order valence-electron chi connectivity index (χ1n) is 6.02. The fraction of sp³-hybridized carbons (Fsp3) is 0.909. The predicted molar refractivity (Wildman–Crippen MR) is 59.7 cm³/mol. The Hall–Kier alpha value is -0.610. The third-order valence-corrected chi connectivity index (χ3v) is 3.53. The maximum Gasteiger partial charge on any atom is 0.237 e. The van der Waals surface area contributed by atoms with Crippen LogP contribution < -0.4 is 10.6 Å². The van der Waals surface area contributed by atoms with E-state index in [0.29, 0.717) is 6.04 Å². The Kier molecular flexibility index (Phi) is 3.59. The van der Waals surface area contributed by atoms with Crippen molar-refractivity contribution in [2.75, 3.05) is 26.2 Å². The molecule has 0 radical (unpaired) electrons. The second-order valence-electron chi connectivity index (χ2n) is 4.60. The zero-order chi connectivity index (χ0) is 10.7. The van der Waals surface area contributed by atoms with E-state index in [0.717, 1.165) is 26.2 Å². The summed E-state index contributed by atoms with van der Waals surface area (Å²) in [6.45, 7) is 5.99. The molecule has 0 spiro atoms. The lowest BCUT2D eigenvalue weighted by Crippen LogP contribution is -2.54. The largest absolute Gasteiger partial charge is 0.352 e. The summed E-state index contributed by atoms with van der Waals surface area (Å²) in [6.07, 6.45) is 3.60. The molecule has 15 heavy (non-hydrogen) atoms. The Balaban J connectivity index is 1.77. The lowest BCUT2D eigenvalue weighted by molar-refractivity contribution is -0.127. The highest BCUT2D eigenvalue weighted by Gasteiger charge is 2.26. The third kappa shape index (κ3) is 2.69. The van der Waals surface area contributed by atoms with Crippen molar-refractivity contribution in [2.24, 2.45) is 0 Å². The van der Waals surface area contributed by atoms with Crippen molar-refractivity contribution in [2.45, 2.75) is 38.3 Å². The van der Waals surface area contributed by atoms with Crippen LogP contribution >= 0.6 is 0 Å². The van der Waals surface area contributed by atoms with Crippen LogP contribution in [0.3, 0.4) is 0 Å². The summed E-state index contributed by atoms with van der Waals surface area (Å²) in [5.74, 6) is 0.210. The number of carbonyl (C=O) groups excluding carboxylic acids is 1. The molecule has 86 valence electrons. The molecule has 1 saturated heterocycles. The summed E-state index contributed by atoms with van der Waals surface area (Å²) in [7, 11) is 0. The number of carbonyl (C=O) groups is 1. The number of nitrogens with zero attached hydrogens (tertiary/aromatic N) is 1. The monoisotopic (exact) mass is 211 g/mol. The second kappa shape index (κ2) is 4.94. The van der Waals surface area contributed by atoms with E-state index >= 15 is 0 Å². The van der Waals surface area contributed by atoms with Crippen LogP contribution in [0.2, 0.25) is 0 Å². The number of nitrogens with one attached hydrogen (secondary N) is 2. The van der Waals surface area contributed by atoms with Crippen LogP contribution in [-0.4, -0.2) is 49.1 Å². The van der Waals surface area contributed by atoms with Crippen molar-refractivity contribution in [1.29, 1.82) is 0 Å². The van der Waals surface area contributed by atoms with E-state index in [1.165, 1.54) is 19.3 Å². The average molecular weight is 211 g/mol. The summed E-state index contributed by atoms with van der Waals surface area (Å²) >= 11 is 0. The number of amides is 1. The molecular weight excluding hydrogens is 190 g/mol. The zero-order valence-corrected chi connectivity index (χ0v) is 9.46. The topological polar surface area (TPSA) is 44.4 Å². The third-order valence-electron chi connectivity index (χ3n) is 3.53. The molecule has 2 aliphatic rings. The molecule has 4 nitrogen and oxygen atoms in total. The van der Waals surface area contributed by atoms with Gasteiger partial charge in [-0.15, -0.1) is 0 Å². The lowest BCUT2D eigenvalue weighted by Gasteiger charge is -2.34. The number of piperazine rings is 1. The Bertz CT molecular complexity index is 222. The van der Waals surface area contributed by atoms with Gasteiger partial charge >= 0.3 is 0 Å². The summed E-state index contributed by atoms with van der Waals surface area (Å²) in [5.41, 5.74) is 0. The van der Waals surface area contributed by atoms with Crippen molar-refractivity contribution in [3.63, 3.8) is 0 Å². The Morgan fingerprint density at radius 2 is 2.07 bits per heavy atom. The van der Waals surface area contributed by atoms with Gasteiger partial charge in [0.15, 0.2) is 0 Å². The molecule has 4 heteroatoms. The molecule has 0 aromatic rings. The molecular formula is C11H21N3O. The van der Waals surface area contributed by atoms with Gasteiger partial charge in [0.05, 0.1) is 6.04 Å². The Morgan fingerprint density at radius 1 is 1.40 bits per heavy atom. The SMILES string of the molecule is CC(C(=O)NC1CCC1)N1CCNCC1. The number of hydrogen-bond acceptors (Lipinski definition) is 3. The molecule has 1 aliphatic carbocycles. The van der Waals surface area contributed by atoms with Gasteiger partial charge in [-0.25, -0.2) is 0 Å². The van der Waals surface area contributed by atoms with E-state index < -0.39 is 0 Å². The van der Waals surface area contributed by atoms with Crippen molar-refractivity contribution in [3.8, 4) is 0 Å². The molecule has 0 aromatic heterocycles. The van der Waals surface area contributed by atoms with E-state index in [4.69, 9.17) is 0 Å². The first-order valence-corrected chi connectivity index (χ1v) is 6.02. The van der Waals surface area contributed by atoms with E-state index in [9.17, 15) is 4.79 Å². The molecule has 1 saturated carbocycles. The van der Waals surface area contributed by atoms with Crippen LogP contribution in [0.1, 0.15) is 26.2 Å². The molecule has 2 rings (SSSR count). The normalized spacial score (nSPS) is 25.7. The van der Waals surface area contributed by atoms with E-state index in [2.05, 4.69) is 15.5 Å². The van der Waals surface area contributed by atoms with Crippen LogP contribution in [0.25, 0.3) is 0 Å². The van der Waals surface area contributed by atoms with E-state index in [-0.39, 0.29) is 11.9 Å². The fourth-order valence-corrected chi connectivity index (χ4v) is 2.11. The minimum atomic E-state index is 0.0349. The van der Waals surface area contributed by atoms with Crippen molar-refractivity contribution < 1.29 is 4.79 Å². The van der Waals surface area contributed by atoms with Crippen LogP contribution in [0, 0.1) is 0 Å². The van der Waals surface area contributed by atoms with E-state index in [1.54, 1.807) is 0 Å². The molecule has 1 atom stereocenters. The number of rotatable bonds is 3. The fourth-order valence-electron chi connectivity index (χ4n) is 2.11. The summed E-state index contributed by atoms with van der Waals surface area (Å²) in [4.78, 5) is 14.1. The molecule has 2 fully saturated rings. The predicted octanol–water partition coefficient (Wildman–Crippen LogP) is -0.0512. The first kappa shape index (κ1) is 10.9. The standard InChI is InChI=1S/C11H21N3O/c1-9(14-7-5-12-6-8-14)11(15)13-10-3-2-4-10/h9-10,12H,2-8H2,1H3,(H,13,15). The molecule has 0 aromatic carbocycles. The highest BCUT2D eigenvalue weighted by Crippen LogP contribution is 2.18. The smallest absolute Gasteiger partial charge is 0.237 e. The Morgan fingerprint density at radius 3 is 2.60 bits per heavy atom. The molecule has 1 unspecified atom stereocenters. The highest BCUT2D eigenvalue weighted by molar-refractivity contribution is 5.81. The second-order valence-corrected chi connectivity index (χ2v) is 4.60. The van der Waals surface area contributed by atoms with Crippen LogP contribution in [0.15, 0.2) is 0 Å².